The molecule has 11 heteroatoms. The van der Waals surface area contributed by atoms with Crippen molar-refractivity contribution in [3.05, 3.63) is 93.3 Å². The molecule has 7 N–H and O–H groups in total. The second-order valence-electron chi connectivity index (χ2n) is 11.1. The van der Waals surface area contributed by atoms with E-state index >= 15 is 4.39 Å². The van der Waals surface area contributed by atoms with Crippen LogP contribution >= 0.6 is 23.4 Å². The zero-order valence-corrected chi connectivity index (χ0v) is 25.6. The fourth-order valence-corrected chi connectivity index (χ4v) is 6.30. The van der Waals surface area contributed by atoms with Gasteiger partial charge in [-0.3, -0.25) is 9.98 Å². The van der Waals surface area contributed by atoms with Crippen molar-refractivity contribution in [1.82, 2.24) is 19.9 Å². The maximum atomic E-state index is 15.1. The highest BCUT2D eigenvalue weighted by molar-refractivity contribution is 8.13. The summed E-state index contributed by atoms with van der Waals surface area (Å²) in [6.45, 7) is 1.97. The Morgan fingerprint density at radius 1 is 1.28 bits per heavy atom. The molecule has 8 nitrogen and oxygen atoms in total. The highest BCUT2D eigenvalue weighted by Gasteiger charge is 2.19. The molecule has 0 saturated carbocycles. The van der Waals surface area contributed by atoms with Crippen LogP contribution in [0.3, 0.4) is 0 Å². The average molecular weight is 622 g/mol. The first-order valence-electron chi connectivity index (χ1n) is 14.5. The van der Waals surface area contributed by atoms with Crippen molar-refractivity contribution in [2.24, 2.45) is 11.5 Å². The second kappa shape index (κ2) is 13.9. The minimum atomic E-state index is -0.517. The molecule has 0 radical (unpaired) electrons. The largest absolute Gasteiger partial charge is 0.379 e. The number of nitrogens with two attached hydrogens (primary N) is 2. The first-order chi connectivity index (χ1) is 20.7. The van der Waals surface area contributed by atoms with E-state index in [1.54, 1.807) is 24.4 Å². The number of benzene rings is 2. The molecule has 0 spiro atoms. The lowest BCUT2D eigenvalue weighted by atomic mass is 10.0. The van der Waals surface area contributed by atoms with Crippen LogP contribution in [0.2, 0.25) is 5.02 Å². The second-order valence-corrected chi connectivity index (χ2v) is 12.7. The quantitative estimate of drug-likeness (QED) is 0.0811. The molecule has 3 atom stereocenters. The molecule has 0 amide bonds. The molecule has 226 valence electrons. The minimum absolute atomic E-state index is 0.0554. The van der Waals surface area contributed by atoms with E-state index in [9.17, 15) is 4.79 Å². The van der Waals surface area contributed by atoms with Crippen LogP contribution in [0.1, 0.15) is 56.2 Å². The van der Waals surface area contributed by atoms with Gasteiger partial charge in [-0.1, -0.05) is 47.6 Å². The van der Waals surface area contributed by atoms with Gasteiger partial charge in [0.15, 0.2) is 11.0 Å². The van der Waals surface area contributed by atoms with Crippen molar-refractivity contribution < 1.29 is 4.39 Å². The summed E-state index contributed by atoms with van der Waals surface area (Å²) in [6, 6.07) is 13.6. The summed E-state index contributed by atoms with van der Waals surface area (Å²) in [5.74, 6) is 0.263. The molecule has 0 bridgehead atoms. The molecule has 1 aliphatic heterocycles. The van der Waals surface area contributed by atoms with Gasteiger partial charge in [-0.15, -0.1) is 0 Å². The van der Waals surface area contributed by atoms with E-state index in [1.165, 1.54) is 16.3 Å². The first kappa shape index (κ1) is 31.0. The Labute approximate surface area is 259 Å². The molecular formula is C32H37ClFN7OS. The third kappa shape index (κ3) is 7.75. The van der Waals surface area contributed by atoms with Crippen molar-refractivity contribution in [3.63, 3.8) is 0 Å². The number of allylic oxidation sites excluding steroid dienone is 1. The predicted octanol–water partition coefficient (Wildman–Crippen LogP) is 6.21. The number of thioether (sulfide) groups is 1. The molecule has 43 heavy (non-hydrogen) atoms. The number of nitrogens with zero attached hydrogens (tertiary/aromatic N) is 2. The number of aromatic nitrogens is 3. The zero-order valence-electron chi connectivity index (χ0n) is 24.1. The van der Waals surface area contributed by atoms with E-state index in [-0.39, 0.29) is 28.3 Å². The van der Waals surface area contributed by atoms with Gasteiger partial charge in [-0.25, -0.2) is 9.18 Å². The van der Waals surface area contributed by atoms with E-state index in [2.05, 4.69) is 27.4 Å². The SMILES string of the molecule is C[C@H](N)CCCc1cc(Cl)c(F)c(-c2cc3cn(-c4ccc([C@@H]5CCC=C[C@@H](CCSC(=N)N)N5)cc4)c(=O)nc3[nH]2)c1. The lowest BCUT2D eigenvalue weighted by Gasteiger charge is -2.22. The number of H-pyrrole nitrogens is 1. The van der Waals surface area contributed by atoms with Crippen LogP contribution in [-0.2, 0) is 6.42 Å². The molecule has 0 fully saturated rings. The van der Waals surface area contributed by atoms with Crippen molar-refractivity contribution in [2.75, 3.05) is 5.75 Å². The Kier molecular flexibility index (Phi) is 10.0. The molecule has 2 aromatic heterocycles. The Bertz CT molecular complexity index is 1680. The Morgan fingerprint density at radius 2 is 2.07 bits per heavy atom. The highest BCUT2D eigenvalue weighted by atomic mass is 35.5. The summed E-state index contributed by atoms with van der Waals surface area (Å²) >= 11 is 7.61. The van der Waals surface area contributed by atoms with Gasteiger partial charge in [0.2, 0.25) is 0 Å². The predicted molar refractivity (Wildman–Crippen MR) is 176 cm³/mol. The molecule has 0 saturated heterocycles. The molecule has 3 heterocycles. The smallest absolute Gasteiger partial charge is 0.354 e. The standard InChI is InChI=1S/C32H37ClFN7OS/c1-19(35)5-4-6-20-15-25(29(34)26(33)16-20)28-17-22-18-41(32(42)40-30(22)39-28)24-11-9-21(10-12-24)27-8-3-2-7-23(38-27)13-14-43-31(36)37/h2,7,9-12,15-19,23,27,38H,3-6,8,13-14,35H2,1H3,(H3,36,37)(H,39,40,42)/t19-,23-,27-/m0/s1. The normalized spacial score (nSPS) is 17.7. The molecular weight excluding hydrogens is 585 g/mol. The van der Waals surface area contributed by atoms with E-state index in [0.717, 1.165) is 55.4 Å². The molecule has 2 aromatic carbocycles. The molecule has 4 aromatic rings. The number of amidine groups is 1. The average Bonchev–Trinajstić information content (AvgIpc) is 3.22. The van der Waals surface area contributed by atoms with Gasteiger partial charge in [0, 0.05) is 41.0 Å². The van der Waals surface area contributed by atoms with Crippen molar-refractivity contribution in [3.8, 4) is 16.9 Å². The van der Waals surface area contributed by atoms with E-state index < -0.39 is 11.5 Å². The van der Waals surface area contributed by atoms with Gasteiger partial charge in [-0.2, -0.15) is 4.98 Å². The third-order valence-corrected chi connectivity index (χ3v) is 8.70. The number of hydrogen-bond acceptors (Lipinski definition) is 6. The maximum Gasteiger partial charge on any atom is 0.354 e. The number of halogens is 2. The first-order valence-corrected chi connectivity index (χ1v) is 15.9. The van der Waals surface area contributed by atoms with Crippen LogP contribution in [0, 0.1) is 11.2 Å². The fourth-order valence-electron chi connectivity index (χ4n) is 5.46. The van der Waals surface area contributed by atoms with Crippen LogP contribution in [0.4, 0.5) is 4.39 Å². The Hall–Kier alpha value is -3.44. The molecule has 1 aliphatic rings. The molecule has 0 aliphatic carbocycles. The van der Waals surface area contributed by atoms with Crippen LogP contribution in [0.25, 0.3) is 28.0 Å². The van der Waals surface area contributed by atoms with Crippen molar-refractivity contribution in [2.45, 2.75) is 63.6 Å². The van der Waals surface area contributed by atoms with Gasteiger partial charge < -0.3 is 21.8 Å². The molecule has 0 unspecified atom stereocenters. The lowest BCUT2D eigenvalue weighted by molar-refractivity contribution is 0.467. The summed E-state index contributed by atoms with van der Waals surface area (Å²) in [7, 11) is 0. The maximum absolute atomic E-state index is 15.1. The van der Waals surface area contributed by atoms with Crippen LogP contribution in [-0.4, -0.2) is 37.5 Å². The topological polar surface area (TPSA) is 139 Å². The van der Waals surface area contributed by atoms with Crippen LogP contribution < -0.4 is 22.5 Å². The van der Waals surface area contributed by atoms with Gasteiger partial charge >= 0.3 is 5.69 Å². The number of aryl methyl sites for hydroxylation is 1. The van der Waals surface area contributed by atoms with Crippen molar-refractivity contribution in [1.29, 1.82) is 5.41 Å². The summed E-state index contributed by atoms with van der Waals surface area (Å²) in [5, 5.41) is 12.0. The molecule has 5 rings (SSSR count). The van der Waals surface area contributed by atoms with Crippen LogP contribution in [0.5, 0.6) is 0 Å². The summed E-state index contributed by atoms with van der Waals surface area (Å²) in [5.41, 5.74) is 14.9. The Morgan fingerprint density at radius 3 is 2.81 bits per heavy atom. The van der Waals surface area contributed by atoms with Crippen molar-refractivity contribution >= 4 is 39.6 Å². The number of nitrogens with one attached hydrogen (secondary N) is 3. The van der Waals surface area contributed by atoms with Gasteiger partial charge in [0.05, 0.1) is 16.4 Å². The third-order valence-electron chi connectivity index (χ3n) is 7.68. The van der Waals surface area contributed by atoms with Crippen LogP contribution in [0.15, 0.2) is 65.6 Å². The highest BCUT2D eigenvalue weighted by Crippen LogP contribution is 2.31. The summed E-state index contributed by atoms with van der Waals surface area (Å²) < 4.78 is 16.6. The number of rotatable bonds is 10. The van der Waals surface area contributed by atoms with E-state index in [0.29, 0.717) is 28.0 Å². The van der Waals surface area contributed by atoms with E-state index in [4.69, 9.17) is 28.5 Å². The fraction of sp³-hybridized carbons (Fsp3) is 0.344. The Balaban J connectivity index is 1.36. The lowest BCUT2D eigenvalue weighted by Crippen LogP contribution is -2.31. The zero-order chi connectivity index (χ0) is 30.5. The van der Waals surface area contributed by atoms with E-state index in [1.807, 2.05) is 31.2 Å². The summed E-state index contributed by atoms with van der Waals surface area (Å²) in [6.07, 6.45) is 11.4. The number of fused-ring (bicyclic) bond motifs is 1. The monoisotopic (exact) mass is 621 g/mol. The summed E-state index contributed by atoms with van der Waals surface area (Å²) in [4.78, 5) is 20.4. The number of aromatic amines is 1. The van der Waals surface area contributed by atoms with Gasteiger partial charge in [-0.05, 0) is 86.9 Å². The van der Waals surface area contributed by atoms with Gasteiger partial charge in [0.25, 0.3) is 0 Å². The minimum Gasteiger partial charge on any atom is -0.379 e. The van der Waals surface area contributed by atoms with Gasteiger partial charge in [0.1, 0.15) is 5.65 Å². The number of hydrogen-bond donors (Lipinski definition) is 5.